The number of amides is 2. The normalized spacial score (nSPS) is 21.5. The van der Waals surface area contributed by atoms with Gasteiger partial charge in [0.25, 0.3) is 5.91 Å². The van der Waals surface area contributed by atoms with E-state index in [9.17, 15) is 22.8 Å². The third-order valence-electron chi connectivity index (χ3n) is 4.58. The Morgan fingerprint density at radius 3 is 2.28 bits per heavy atom. The highest BCUT2D eigenvalue weighted by molar-refractivity contribution is 5.98. The molecule has 3 rings (SSSR count). The number of benzene rings is 1. The summed E-state index contributed by atoms with van der Waals surface area (Å²) in [6.07, 6.45) is -3.17. The lowest BCUT2D eigenvalue weighted by Gasteiger charge is -2.32. The predicted octanol–water partition coefficient (Wildman–Crippen LogP) is 2.17. The number of hydrogen-bond acceptors (Lipinski definition) is 3. The fourth-order valence-corrected chi connectivity index (χ4v) is 3.23. The Morgan fingerprint density at radius 1 is 1.04 bits per heavy atom. The third-order valence-corrected chi connectivity index (χ3v) is 4.58. The minimum absolute atomic E-state index is 0.110. The van der Waals surface area contributed by atoms with Gasteiger partial charge in [-0.25, -0.2) is 0 Å². The van der Waals surface area contributed by atoms with Crippen molar-refractivity contribution < 1.29 is 27.5 Å². The van der Waals surface area contributed by atoms with Crippen LogP contribution in [0.15, 0.2) is 24.3 Å². The number of alkyl halides is 3. The lowest BCUT2D eigenvalue weighted by molar-refractivity contribution is -0.139. The van der Waals surface area contributed by atoms with E-state index in [0.29, 0.717) is 45.7 Å². The van der Waals surface area contributed by atoms with Gasteiger partial charge >= 0.3 is 6.18 Å². The maximum atomic E-state index is 12.7. The maximum Gasteiger partial charge on any atom is 0.416 e. The van der Waals surface area contributed by atoms with Crippen molar-refractivity contribution in [3.8, 4) is 0 Å². The molecule has 2 amide bonds. The van der Waals surface area contributed by atoms with Crippen molar-refractivity contribution >= 4 is 11.8 Å². The molecule has 0 radical (unpaired) electrons. The van der Waals surface area contributed by atoms with Crippen LogP contribution in [0.4, 0.5) is 13.2 Å². The second kappa shape index (κ2) is 7.03. The van der Waals surface area contributed by atoms with Crippen LogP contribution >= 0.6 is 0 Å². The summed E-state index contributed by atoms with van der Waals surface area (Å²) in [6, 6.07) is 3.57. The SMILES string of the molecule is O=C([C@H]1CCCN1C(=O)c1ccc(C(F)(F)F)cc1)N1CCOCC1. The molecular weight excluding hydrogens is 337 g/mol. The summed E-state index contributed by atoms with van der Waals surface area (Å²) >= 11 is 0. The summed E-state index contributed by atoms with van der Waals surface area (Å²) in [7, 11) is 0. The van der Waals surface area contributed by atoms with Gasteiger partial charge in [-0.3, -0.25) is 9.59 Å². The van der Waals surface area contributed by atoms with Crippen molar-refractivity contribution in [2.24, 2.45) is 0 Å². The second-order valence-corrected chi connectivity index (χ2v) is 6.17. The van der Waals surface area contributed by atoms with Crippen molar-refractivity contribution in [3.63, 3.8) is 0 Å². The van der Waals surface area contributed by atoms with E-state index in [1.807, 2.05) is 0 Å². The lowest BCUT2D eigenvalue weighted by atomic mass is 10.1. The quantitative estimate of drug-likeness (QED) is 0.816. The van der Waals surface area contributed by atoms with Gasteiger partial charge in [0.2, 0.25) is 5.91 Å². The molecule has 0 bridgehead atoms. The van der Waals surface area contributed by atoms with E-state index >= 15 is 0 Å². The molecule has 136 valence electrons. The van der Waals surface area contributed by atoms with E-state index in [2.05, 4.69) is 0 Å². The molecule has 2 aliphatic rings. The van der Waals surface area contributed by atoms with Gasteiger partial charge in [0, 0.05) is 25.2 Å². The third kappa shape index (κ3) is 3.78. The van der Waals surface area contributed by atoms with Gasteiger partial charge in [0.05, 0.1) is 18.8 Å². The summed E-state index contributed by atoms with van der Waals surface area (Å²) < 4.78 is 43.1. The number of rotatable bonds is 2. The smallest absolute Gasteiger partial charge is 0.378 e. The molecule has 1 aromatic carbocycles. The molecule has 1 atom stereocenters. The van der Waals surface area contributed by atoms with E-state index < -0.39 is 23.7 Å². The maximum absolute atomic E-state index is 12.7. The molecule has 2 heterocycles. The van der Waals surface area contributed by atoms with Crippen molar-refractivity contribution in [3.05, 3.63) is 35.4 Å². The Balaban J connectivity index is 1.73. The number of nitrogens with zero attached hydrogens (tertiary/aromatic N) is 2. The molecule has 25 heavy (non-hydrogen) atoms. The molecule has 0 spiro atoms. The lowest BCUT2D eigenvalue weighted by Crippen LogP contribution is -2.51. The zero-order chi connectivity index (χ0) is 18.0. The molecule has 2 saturated heterocycles. The number of hydrogen-bond donors (Lipinski definition) is 0. The van der Waals surface area contributed by atoms with Crippen LogP contribution < -0.4 is 0 Å². The molecule has 1 aromatic rings. The standard InChI is InChI=1S/C17H19F3N2O3/c18-17(19,20)13-5-3-12(4-6-13)15(23)22-7-1-2-14(22)16(24)21-8-10-25-11-9-21/h3-6,14H,1-2,7-11H2/t14-/m1/s1. The number of morpholine rings is 1. The Kier molecular flexibility index (Phi) is 4.99. The Labute approximate surface area is 143 Å². The zero-order valence-electron chi connectivity index (χ0n) is 13.6. The first-order valence-corrected chi connectivity index (χ1v) is 8.22. The fraction of sp³-hybridized carbons (Fsp3) is 0.529. The number of halogens is 3. The summed E-state index contributed by atoms with van der Waals surface area (Å²) in [5.41, 5.74) is -0.638. The van der Waals surface area contributed by atoms with Gasteiger partial charge in [0.1, 0.15) is 6.04 Å². The van der Waals surface area contributed by atoms with Crippen molar-refractivity contribution in [1.82, 2.24) is 9.80 Å². The van der Waals surface area contributed by atoms with Gasteiger partial charge in [0.15, 0.2) is 0 Å². The van der Waals surface area contributed by atoms with Crippen LogP contribution in [0.25, 0.3) is 0 Å². The Hall–Kier alpha value is -2.09. The minimum atomic E-state index is -4.44. The predicted molar refractivity (Wildman–Crippen MR) is 82.9 cm³/mol. The van der Waals surface area contributed by atoms with Crippen LogP contribution in [0.2, 0.25) is 0 Å². The number of carbonyl (C=O) groups excluding carboxylic acids is 2. The highest BCUT2D eigenvalue weighted by atomic mass is 19.4. The van der Waals surface area contributed by atoms with Crippen LogP contribution in [0, 0.1) is 0 Å². The van der Waals surface area contributed by atoms with Crippen molar-refractivity contribution in [1.29, 1.82) is 0 Å². The molecule has 2 aliphatic heterocycles. The largest absolute Gasteiger partial charge is 0.416 e. The number of ether oxygens (including phenoxy) is 1. The van der Waals surface area contributed by atoms with E-state index in [4.69, 9.17) is 4.74 Å². The van der Waals surface area contributed by atoms with Crippen LogP contribution in [-0.4, -0.2) is 60.5 Å². The average molecular weight is 356 g/mol. The highest BCUT2D eigenvalue weighted by Gasteiger charge is 2.37. The van der Waals surface area contributed by atoms with Crippen molar-refractivity contribution in [2.45, 2.75) is 25.1 Å². The summed E-state index contributed by atoms with van der Waals surface area (Å²) in [4.78, 5) is 28.5. The minimum Gasteiger partial charge on any atom is -0.378 e. The van der Waals surface area contributed by atoms with Crippen molar-refractivity contribution in [2.75, 3.05) is 32.8 Å². The highest BCUT2D eigenvalue weighted by Crippen LogP contribution is 2.30. The fourth-order valence-electron chi connectivity index (χ4n) is 3.23. The molecule has 0 aliphatic carbocycles. The van der Waals surface area contributed by atoms with Crippen LogP contribution in [0.3, 0.4) is 0 Å². The topological polar surface area (TPSA) is 49.9 Å². The summed E-state index contributed by atoms with van der Waals surface area (Å²) in [6.45, 7) is 2.38. The van der Waals surface area contributed by atoms with Crippen LogP contribution in [0.1, 0.15) is 28.8 Å². The molecule has 5 nitrogen and oxygen atoms in total. The second-order valence-electron chi connectivity index (χ2n) is 6.17. The first-order chi connectivity index (χ1) is 11.9. The van der Waals surface area contributed by atoms with Gasteiger partial charge in [-0.2, -0.15) is 13.2 Å². The first kappa shape index (κ1) is 17.7. The van der Waals surface area contributed by atoms with Gasteiger partial charge in [-0.15, -0.1) is 0 Å². The van der Waals surface area contributed by atoms with Crippen LogP contribution in [0.5, 0.6) is 0 Å². The van der Waals surface area contributed by atoms with E-state index in [1.54, 1.807) is 4.90 Å². The van der Waals surface area contributed by atoms with Gasteiger partial charge in [-0.05, 0) is 37.1 Å². The average Bonchev–Trinajstić information content (AvgIpc) is 3.10. The van der Waals surface area contributed by atoms with Crippen LogP contribution in [-0.2, 0) is 15.7 Å². The Bertz CT molecular complexity index is 640. The first-order valence-electron chi connectivity index (χ1n) is 8.22. The molecule has 0 aromatic heterocycles. The van der Waals surface area contributed by atoms with Gasteiger partial charge < -0.3 is 14.5 Å². The molecule has 2 fully saturated rings. The molecule has 0 unspecified atom stereocenters. The molecule has 0 saturated carbocycles. The van der Waals surface area contributed by atoms with E-state index in [-0.39, 0.29) is 11.5 Å². The van der Waals surface area contributed by atoms with Gasteiger partial charge in [-0.1, -0.05) is 0 Å². The summed E-state index contributed by atoms with van der Waals surface area (Å²) in [5.74, 6) is -0.515. The van der Waals surface area contributed by atoms with E-state index in [0.717, 1.165) is 12.1 Å². The molecule has 0 N–H and O–H groups in total. The monoisotopic (exact) mass is 356 g/mol. The number of carbonyl (C=O) groups is 2. The number of likely N-dealkylation sites (tertiary alicyclic amines) is 1. The Morgan fingerprint density at radius 2 is 1.68 bits per heavy atom. The molecule has 8 heteroatoms. The summed E-state index contributed by atoms with van der Waals surface area (Å²) in [5, 5.41) is 0. The van der Waals surface area contributed by atoms with E-state index in [1.165, 1.54) is 17.0 Å². The molecular formula is C17H19F3N2O3. The zero-order valence-corrected chi connectivity index (χ0v) is 13.6.